The number of nitrogens with one attached hydrogen (secondary N) is 1. The summed E-state index contributed by atoms with van der Waals surface area (Å²) in [5.41, 5.74) is 1.03. The van der Waals surface area contributed by atoms with E-state index in [0.29, 0.717) is 39.1 Å². The number of benzene rings is 1. The van der Waals surface area contributed by atoms with Gasteiger partial charge in [0.15, 0.2) is 8.32 Å². The van der Waals surface area contributed by atoms with Gasteiger partial charge in [0.25, 0.3) is 0 Å². The van der Waals surface area contributed by atoms with E-state index in [1.807, 2.05) is 35.2 Å². The van der Waals surface area contributed by atoms with Gasteiger partial charge >= 0.3 is 6.03 Å². The lowest BCUT2D eigenvalue weighted by atomic mass is 10.0. The maximum Gasteiger partial charge on any atom is 0.318 e. The smallest absolute Gasteiger partial charge is 0.318 e. The number of urea groups is 1. The molecule has 0 spiro atoms. The van der Waals surface area contributed by atoms with Crippen LogP contribution in [0.5, 0.6) is 0 Å². The number of aliphatic hydroxyl groups excluding tert-OH is 1. The molecule has 7 nitrogen and oxygen atoms in total. The molecule has 3 amide bonds. The molecule has 34 heavy (non-hydrogen) atoms. The Hall–Kier alpha value is -1.90. The van der Waals surface area contributed by atoms with E-state index in [2.05, 4.69) is 39.2 Å². The molecule has 190 valence electrons. The maximum atomic E-state index is 13.5. The van der Waals surface area contributed by atoms with Crippen LogP contribution in [0.15, 0.2) is 30.3 Å². The fraction of sp³-hybridized carbons (Fsp3) is 0.692. The number of aliphatic hydroxyl groups is 1. The van der Waals surface area contributed by atoms with Crippen molar-refractivity contribution in [3.63, 3.8) is 0 Å². The molecule has 0 aromatic heterocycles. The van der Waals surface area contributed by atoms with E-state index in [0.717, 1.165) is 24.8 Å². The summed E-state index contributed by atoms with van der Waals surface area (Å²) in [7, 11) is -1.87. The van der Waals surface area contributed by atoms with Crippen LogP contribution in [-0.2, 0) is 15.8 Å². The second-order valence-corrected chi connectivity index (χ2v) is 16.0. The topological polar surface area (TPSA) is 82.1 Å². The predicted molar refractivity (Wildman–Crippen MR) is 137 cm³/mol. The summed E-state index contributed by atoms with van der Waals surface area (Å²) >= 11 is 0. The van der Waals surface area contributed by atoms with Crippen LogP contribution in [0, 0.1) is 0 Å². The van der Waals surface area contributed by atoms with E-state index in [-0.39, 0.29) is 23.0 Å². The highest BCUT2D eigenvalue weighted by Crippen LogP contribution is 2.36. The first-order chi connectivity index (χ1) is 16.0. The van der Waals surface area contributed by atoms with Crippen LogP contribution in [0.3, 0.4) is 0 Å². The zero-order chi connectivity index (χ0) is 24.9. The second-order valence-electron chi connectivity index (χ2n) is 11.2. The van der Waals surface area contributed by atoms with Crippen LogP contribution in [-0.4, -0.2) is 73.0 Å². The Morgan fingerprint density at radius 1 is 1.12 bits per heavy atom. The average Bonchev–Trinajstić information content (AvgIpc) is 3.47. The summed E-state index contributed by atoms with van der Waals surface area (Å²) in [5, 5.41) is 14.0. The number of amides is 3. The Bertz CT molecular complexity index is 827. The zero-order valence-corrected chi connectivity index (χ0v) is 22.5. The first-order valence-corrected chi connectivity index (χ1v) is 15.6. The van der Waals surface area contributed by atoms with Crippen molar-refractivity contribution in [3.8, 4) is 0 Å². The summed E-state index contributed by atoms with van der Waals surface area (Å²) in [6.07, 6.45) is 3.07. The van der Waals surface area contributed by atoms with Gasteiger partial charge in [0.2, 0.25) is 5.91 Å². The van der Waals surface area contributed by atoms with Gasteiger partial charge in [0, 0.05) is 26.2 Å². The van der Waals surface area contributed by atoms with E-state index in [1.165, 1.54) is 0 Å². The molecule has 2 aliphatic rings. The SMILES string of the molecule is CC(C)(C)[Si](C)(C)OCC[C@H](O)C1CCCN1C(=O)[C@@H]1CCCN1C(=O)NCc1ccccc1. The van der Waals surface area contributed by atoms with Gasteiger partial charge in [-0.2, -0.15) is 0 Å². The highest BCUT2D eigenvalue weighted by Gasteiger charge is 2.42. The molecule has 3 rings (SSSR count). The number of rotatable bonds is 8. The van der Waals surface area contributed by atoms with Crippen LogP contribution < -0.4 is 5.32 Å². The minimum atomic E-state index is -1.87. The molecule has 2 fully saturated rings. The quantitative estimate of drug-likeness (QED) is 0.538. The molecule has 2 heterocycles. The van der Waals surface area contributed by atoms with Gasteiger partial charge in [-0.1, -0.05) is 51.1 Å². The number of carbonyl (C=O) groups excluding carboxylic acids is 2. The molecular formula is C26H43N3O4Si. The van der Waals surface area contributed by atoms with Crippen molar-refractivity contribution in [2.75, 3.05) is 19.7 Å². The molecule has 1 unspecified atom stereocenters. The molecule has 3 atom stereocenters. The Morgan fingerprint density at radius 3 is 2.44 bits per heavy atom. The Labute approximate surface area is 206 Å². The number of carbonyl (C=O) groups is 2. The highest BCUT2D eigenvalue weighted by molar-refractivity contribution is 6.74. The predicted octanol–water partition coefficient (Wildman–Crippen LogP) is 4.12. The monoisotopic (exact) mass is 489 g/mol. The number of hydrogen-bond acceptors (Lipinski definition) is 4. The molecule has 2 saturated heterocycles. The molecule has 8 heteroatoms. The van der Waals surface area contributed by atoms with Gasteiger partial charge < -0.3 is 24.6 Å². The van der Waals surface area contributed by atoms with Crippen LogP contribution in [0.25, 0.3) is 0 Å². The summed E-state index contributed by atoms with van der Waals surface area (Å²) in [4.78, 5) is 29.8. The van der Waals surface area contributed by atoms with Crippen molar-refractivity contribution in [1.29, 1.82) is 0 Å². The summed E-state index contributed by atoms with van der Waals surface area (Å²) in [5.74, 6) is -0.0285. The minimum absolute atomic E-state index is 0.0285. The molecule has 2 aliphatic heterocycles. The molecule has 0 saturated carbocycles. The van der Waals surface area contributed by atoms with Gasteiger partial charge in [-0.15, -0.1) is 0 Å². The summed E-state index contributed by atoms with van der Waals surface area (Å²) in [6, 6.07) is 8.92. The van der Waals surface area contributed by atoms with Crippen molar-refractivity contribution in [2.45, 2.75) is 95.7 Å². The molecule has 1 aromatic carbocycles. The van der Waals surface area contributed by atoms with Gasteiger partial charge in [-0.25, -0.2) is 4.79 Å². The van der Waals surface area contributed by atoms with E-state index < -0.39 is 20.5 Å². The second kappa shape index (κ2) is 11.2. The van der Waals surface area contributed by atoms with Gasteiger partial charge in [-0.05, 0) is 55.8 Å². The van der Waals surface area contributed by atoms with Gasteiger partial charge in [0.05, 0.1) is 12.1 Å². The fourth-order valence-corrected chi connectivity index (χ4v) is 5.70. The van der Waals surface area contributed by atoms with Gasteiger partial charge in [-0.3, -0.25) is 4.79 Å². The molecule has 1 aromatic rings. The van der Waals surface area contributed by atoms with Crippen LogP contribution in [0.2, 0.25) is 18.1 Å². The minimum Gasteiger partial charge on any atom is -0.417 e. The van der Waals surface area contributed by atoms with Crippen LogP contribution >= 0.6 is 0 Å². The largest absolute Gasteiger partial charge is 0.417 e. The third-order valence-electron chi connectivity index (χ3n) is 7.79. The van der Waals surface area contributed by atoms with Gasteiger partial charge in [0.1, 0.15) is 6.04 Å². The lowest BCUT2D eigenvalue weighted by Crippen LogP contribution is -2.53. The van der Waals surface area contributed by atoms with Crippen LogP contribution in [0.1, 0.15) is 58.4 Å². The third kappa shape index (κ3) is 6.40. The number of hydrogen-bond donors (Lipinski definition) is 2. The molecule has 0 bridgehead atoms. The first kappa shape index (κ1) is 26.7. The third-order valence-corrected chi connectivity index (χ3v) is 12.3. The molecular weight excluding hydrogens is 446 g/mol. The van der Waals surface area contributed by atoms with E-state index in [9.17, 15) is 14.7 Å². The summed E-state index contributed by atoms with van der Waals surface area (Å²) < 4.78 is 6.25. The van der Waals surface area contributed by atoms with Crippen LogP contribution in [0.4, 0.5) is 4.79 Å². The molecule has 0 aliphatic carbocycles. The highest BCUT2D eigenvalue weighted by atomic mass is 28.4. The van der Waals surface area contributed by atoms with Crippen molar-refractivity contribution in [3.05, 3.63) is 35.9 Å². The maximum absolute atomic E-state index is 13.5. The number of likely N-dealkylation sites (tertiary alicyclic amines) is 2. The zero-order valence-electron chi connectivity index (χ0n) is 21.5. The lowest BCUT2D eigenvalue weighted by Gasteiger charge is -2.37. The first-order valence-electron chi connectivity index (χ1n) is 12.7. The van der Waals surface area contributed by atoms with Crippen molar-refractivity contribution >= 4 is 20.3 Å². The van der Waals surface area contributed by atoms with Crippen molar-refractivity contribution < 1.29 is 19.1 Å². The molecule has 0 radical (unpaired) electrons. The Morgan fingerprint density at radius 2 is 1.76 bits per heavy atom. The molecule has 2 N–H and O–H groups in total. The average molecular weight is 490 g/mol. The number of nitrogens with zero attached hydrogens (tertiary/aromatic N) is 2. The Balaban J connectivity index is 1.55. The normalized spacial score (nSPS) is 22.2. The fourth-order valence-electron chi connectivity index (χ4n) is 4.64. The Kier molecular flexibility index (Phi) is 8.81. The lowest BCUT2D eigenvalue weighted by molar-refractivity contribution is -0.138. The summed E-state index contributed by atoms with van der Waals surface area (Å²) in [6.45, 7) is 13.2. The van der Waals surface area contributed by atoms with E-state index in [4.69, 9.17) is 4.43 Å². The van der Waals surface area contributed by atoms with Crippen molar-refractivity contribution in [1.82, 2.24) is 15.1 Å². The van der Waals surface area contributed by atoms with E-state index >= 15 is 0 Å². The standard InChI is InChI=1S/C26H43N3O4Si/c1-26(2,3)34(4,5)33-18-15-23(30)21-13-9-16-28(21)24(31)22-14-10-17-29(22)25(32)27-19-20-11-7-6-8-12-20/h6-8,11-12,21-23,30H,9-10,13-19H2,1-5H3,(H,27,32)/t21?,22-,23-/m0/s1. The van der Waals surface area contributed by atoms with Crippen molar-refractivity contribution in [2.24, 2.45) is 0 Å². The van der Waals surface area contributed by atoms with E-state index in [1.54, 1.807) is 4.90 Å².